The predicted molar refractivity (Wildman–Crippen MR) is 77.8 cm³/mol. The van der Waals surface area contributed by atoms with E-state index in [1.54, 1.807) is 7.11 Å². The summed E-state index contributed by atoms with van der Waals surface area (Å²) in [5, 5.41) is 3.45. The van der Waals surface area contributed by atoms with Crippen molar-refractivity contribution in [1.29, 1.82) is 0 Å². The van der Waals surface area contributed by atoms with Crippen LogP contribution >= 0.6 is 11.6 Å². The number of nitrogens with zero attached hydrogens (tertiary/aromatic N) is 2. The molecular formula is C14H16ClN3O. The van der Waals surface area contributed by atoms with E-state index in [1.807, 2.05) is 44.2 Å². The van der Waals surface area contributed by atoms with Gasteiger partial charge in [0.2, 0.25) is 5.28 Å². The van der Waals surface area contributed by atoms with Gasteiger partial charge in [-0.15, -0.1) is 0 Å². The fraction of sp³-hybridized carbons (Fsp3) is 0.286. The highest BCUT2D eigenvalue weighted by atomic mass is 35.5. The maximum absolute atomic E-state index is 5.95. The van der Waals surface area contributed by atoms with Gasteiger partial charge in [-0.05, 0) is 49.7 Å². The first-order chi connectivity index (χ1) is 9.08. The number of aromatic nitrogens is 2. The molecule has 0 aliphatic heterocycles. The molecule has 2 aromatic rings. The van der Waals surface area contributed by atoms with Crippen LogP contribution in [-0.4, -0.2) is 23.1 Å². The number of anilines is 1. The molecule has 0 saturated carbocycles. The molecule has 0 atom stereocenters. The van der Waals surface area contributed by atoms with Crippen LogP contribution in [0.1, 0.15) is 13.8 Å². The normalized spacial score (nSPS) is 10.6. The monoisotopic (exact) mass is 277 g/mol. The van der Waals surface area contributed by atoms with Crippen LogP contribution in [0.3, 0.4) is 0 Å². The molecular weight excluding hydrogens is 262 g/mol. The molecule has 0 bridgehead atoms. The number of ether oxygens (including phenoxy) is 1. The van der Waals surface area contributed by atoms with Crippen LogP contribution in [0.4, 0.5) is 5.82 Å². The molecule has 1 aromatic heterocycles. The molecule has 0 aliphatic carbocycles. The average Bonchev–Trinajstić information content (AvgIpc) is 2.37. The Morgan fingerprint density at radius 1 is 1.16 bits per heavy atom. The van der Waals surface area contributed by atoms with Gasteiger partial charge in [0.05, 0.1) is 12.8 Å². The van der Waals surface area contributed by atoms with Crippen molar-refractivity contribution in [3.05, 3.63) is 35.6 Å². The first-order valence-corrected chi connectivity index (χ1v) is 6.42. The third kappa shape index (κ3) is 3.58. The maximum Gasteiger partial charge on any atom is 0.224 e. The van der Waals surface area contributed by atoms with Crippen molar-refractivity contribution in [3.8, 4) is 17.0 Å². The van der Waals surface area contributed by atoms with Crippen LogP contribution in [0.5, 0.6) is 5.75 Å². The second kappa shape index (κ2) is 5.89. The Hall–Kier alpha value is -1.81. The van der Waals surface area contributed by atoms with Crippen molar-refractivity contribution in [1.82, 2.24) is 9.97 Å². The summed E-state index contributed by atoms with van der Waals surface area (Å²) in [6, 6.07) is 9.83. The van der Waals surface area contributed by atoms with E-state index in [2.05, 4.69) is 15.3 Å². The van der Waals surface area contributed by atoms with Crippen molar-refractivity contribution < 1.29 is 4.74 Å². The van der Waals surface area contributed by atoms with Gasteiger partial charge in [0.1, 0.15) is 11.6 Å². The molecule has 19 heavy (non-hydrogen) atoms. The number of benzene rings is 1. The number of rotatable bonds is 4. The average molecular weight is 278 g/mol. The van der Waals surface area contributed by atoms with Crippen molar-refractivity contribution in [3.63, 3.8) is 0 Å². The molecule has 0 radical (unpaired) electrons. The van der Waals surface area contributed by atoms with Gasteiger partial charge in [0.25, 0.3) is 0 Å². The smallest absolute Gasteiger partial charge is 0.224 e. The van der Waals surface area contributed by atoms with Crippen LogP contribution in [-0.2, 0) is 0 Å². The molecule has 4 nitrogen and oxygen atoms in total. The molecule has 0 saturated heterocycles. The van der Waals surface area contributed by atoms with Gasteiger partial charge in [0, 0.05) is 17.7 Å². The van der Waals surface area contributed by atoms with Crippen LogP contribution < -0.4 is 10.1 Å². The molecule has 0 amide bonds. The Bertz CT molecular complexity index is 555. The van der Waals surface area contributed by atoms with Gasteiger partial charge in [0.15, 0.2) is 0 Å². The minimum atomic E-state index is 0.233. The largest absolute Gasteiger partial charge is 0.497 e. The zero-order valence-corrected chi connectivity index (χ0v) is 11.9. The Morgan fingerprint density at radius 2 is 1.84 bits per heavy atom. The summed E-state index contributed by atoms with van der Waals surface area (Å²) in [5.41, 5.74) is 1.75. The molecule has 0 aliphatic rings. The molecule has 0 unspecified atom stereocenters. The van der Waals surface area contributed by atoms with Gasteiger partial charge in [-0.2, -0.15) is 0 Å². The van der Waals surface area contributed by atoms with E-state index in [1.165, 1.54) is 0 Å². The summed E-state index contributed by atoms with van der Waals surface area (Å²) in [6.07, 6.45) is 0. The van der Waals surface area contributed by atoms with Gasteiger partial charge < -0.3 is 10.1 Å². The summed E-state index contributed by atoms with van der Waals surface area (Å²) in [5.74, 6) is 1.53. The molecule has 5 heteroatoms. The molecule has 100 valence electrons. The number of nitrogens with one attached hydrogen (secondary N) is 1. The highest BCUT2D eigenvalue weighted by Crippen LogP contribution is 2.24. The van der Waals surface area contributed by atoms with Crippen LogP contribution in [0, 0.1) is 0 Å². The number of halogens is 1. The second-order valence-corrected chi connectivity index (χ2v) is 4.77. The van der Waals surface area contributed by atoms with Gasteiger partial charge >= 0.3 is 0 Å². The summed E-state index contributed by atoms with van der Waals surface area (Å²) < 4.78 is 5.13. The lowest BCUT2D eigenvalue weighted by atomic mass is 10.1. The summed E-state index contributed by atoms with van der Waals surface area (Å²) >= 11 is 5.95. The highest BCUT2D eigenvalue weighted by Gasteiger charge is 2.06. The third-order valence-electron chi connectivity index (χ3n) is 2.52. The molecule has 2 rings (SSSR count). The van der Waals surface area contributed by atoms with Crippen molar-refractivity contribution in [2.75, 3.05) is 12.4 Å². The first-order valence-electron chi connectivity index (χ1n) is 6.04. The van der Waals surface area contributed by atoms with Gasteiger partial charge in [-0.25, -0.2) is 9.97 Å². The Balaban J connectivity index is 2.34. The number of methoxy groups -OCH3 is 1. The zero-order chi connectivity index (χ0) is 13.8. The highest BCUT2D eigenvalue weighted by molar-refractivity contribution is 6.28. The Labute approximate surface area is 117 Å². The molecule has 0 spiro atoms. The standard InChI is InChI=1S/C14H16ClN3O/c1-9(2)16-13-8-12(17-14(15)18-13)10-4-6-11(19-3)7-5-10/h4-9H,1-3H3,(H,16,17,18). The lowest BCUT2D eigenvalue weighted by Gasteiger charge is -2.10. The number of hydrogen-bond acceptors (Lipinski definition) is 4. The lowest BCUT2D eigenvalue weighted by molar-refractivity contribution is 0.415. The first kappa shape index (κ1) is 13.6. The van der Waals surface area contributed by atoms with Crippen LogP contribution in [0.25, 0.3) is 11.3 Å². The van der Waals surface area contributed by atoms with Crippen molar-refractivity contribution in [2.24, 2.45) is 0 Å². The van der Waals surface area contributed by atoms with E-state index in [-0.39, 0.29) is 11.3 Å². The molecule has 1 N–H and O–H groups in total. The van der Waals surface area contributed by atoms with E-state index in [0.717, 1.165) is 22.8 Å². The summed E-state index contributed by atoms with van der Waals surface area (Å²) in [7, 11) is 1.64. The van der Waals surface area contributed by atoms with E-state index in [0.29, 0.717) is 0 Å². The van der Waals surface area contributed by atoms with Gasteiger partial charge in [-0.1, -0.05) is 0 Å². The second-order valence-electron chi connectivity index (χ2n) is 4.43. The van der Waals surface area contributed by atoms with E-state index in [4.69, 9.17) is 16.3 Å². The maximum atomic E-state index is 5.95. The topological polar surface area (TPSA) is 47.0 Å². The Kier molecular flexibility index (Phi) is 4.22. The number of hydrogen-bond donors (Lipinski definition) is 1. The third-order valence-corrected chi connectivity index (χ3v) is 2.69. The zero-order valence-electron chi connectivity index (χ0n) is 11.1. The minimum absolute atomic E-state index is 0.233. The van der Waals surface area contributed by atoms with Crippen molar-refractivity contribution >= 4 is 17.4 Å². The summed E-state index contributed by atoms with van der Waals surface area (Å²) in [4.78, 5) is 8.39. The quantitative estimate of drug-likeness (QED) is 0.867. The molecule has 0 fully saturated rings. The lowest BCUT2D eigenvalue weighted by Crippen LogP contribution is -2.11. The summed E-state index contributed by atoms with van der Waals surface area (Å²) in [6.45, 7) is 4.09. The van der Waals surface area contributed by atoms with Gasteiger partial charge in [-0.3, -0.25) is 0 Å². The Morgan fingerprint density at radius 3 is 2.42 bits per heavy atom. The van der Waals surface area contributed by atoms with Crippen LogP contribution in [0.15, 0.2) is 30.3 Å². The van der Waals surface area contributed by atoms with E-state index in [9.17, 15) is 0 Å². The molecule has 1 heterocycles. The van der Waals surface area contributed by atoms with E-state index >= 15 is 0 Å². The SMILES string of the molecule is COc1ccc(-c2cc(NC(C)C)nc(Cl)n2)cc1. The van der Waals surface area contributed by atoms with Crippen molar-refractivity contribution in [2.45, 2.75) is 19.9 Å². The fourth-order valence-corrected chi connectivity index (χ4v) is 1.88. The molecule has 1 aromatic carbocycles. The van der Waals surface area contributed by atoms with Crippen LogP contribution in [0.2, 0.25) is 5.28 Å². The predicted octanol–water partition coefficient (Wildman–Crippen LogP) is 3.63. The minimum Gasteiger partial charge on any atom is -0.497 e. The van der Waals surface area contributed by atoms with E-state index < -0.39 is 0 Å². The fourth-order valence-electron chi connectivity index (χ4n) is 1.70.